The molecule has 0 fully saturated rings. The molecular formula is C12H16N2OS. The van der Waals surface area contributed by atoms with Gasteiger partial charge in [-0.2, -0.15) is 0 Å². The molecule has 2 heterocycles. The van der Waals surface area contributed by atoms with E-state index in [2.05, 4.69) is 23.3 Å². The number of carbonyl (C=O) groups excluding carboxylic acids is 1. The Labute approximate surface area is 99.8 Å². The van der Waals surface area contributed by atoms with Crippen LogP contribution in [0.25, 0.3) is 0 Å². The summed E-state index contributed by atoms with van der Waals surface area (Å²) in [6.07, 6.45) is 2.76. The Morgan fingerprint density at radius 3 is 3.38 bits per heavy atom. The first-order valence-electron chi connectivity index (χ1n) is 5.46. The minimum atomic E-state index is 0.179. The summed E-state index contributed by atoms with van der Waals surface area (Å²) in [5.41, 5.74) is 1.31. The predicted octanol–water partition coefficient (Wildman–Crippen LogP) is 1.41. The van der Waals surface area contributed by atoms with Crippen molar-refractivity contribution in [3.8, 4) is 0 Å². The molecule has 0 aliphatic carbocycles. The highest BCUT2D eigenvalue weighted by Gasteiger charge is 2.20. The van der Waals surface area contributed by atoms with E-state index >= 15 is 0 Å². The molecule has 1 aliphatic rings. The van der Waals surface area contributed by atoms with E-state index in [1.54, 1.807) is 17.4 Å². The summed E-state index contributed by atoms with van der Waals surface area (Å²) in [7, 11) is 0. The van der Waals surface area contributed by atoms with E-state index in [1.165, 1.54) is 10.4 Å². The molecule has 2 rings (SSSR count). The molecule has 0 spiro atoms. The van der Waals surface area contributed by atoms with Crippen LogP contribution in [0.1, 0.15) is 10.4 Å². The molecule has 0 aromatic carbocycles. The Balaban J connectivity index is 1.88. The Morgan fingerprint density at radius 1 is 1.69 bits per heavy atom. The lowest BCUT2D eigenvalue weighted by molar-refractivity contribution is -0.131. The summed E-state index contributed by atoms with van der Waals surface area (Å²) in [6.45, 7) is 6.32. The summed E-state index contributed by atoms with van der Waals surface area (Å²) in [5.74, 6) is 0.179. The second-order valence-corrected chi connectivity index (χ2v) is 4.85. The number of nitrogens with zero attached hydrogens (tertiary/aromatic N) is 1. The maximum absolute atomic E-state index is 11.8. The van der Waals surface area contributed by atoms with E-state index in [0.29, 0.717) is 13.1 Å². The van der Waals surface area contributed by atoms with Gasteiger partial charge in [0.15, 0.2) is 0 Å². The molecule has 1 amide bonds. The van der Waals surface area contributed by atoms with Crippen molar-refractivity contribution in [1.29, 1.82) is 0 Å². The quantitative estimate of drug-likeness (QED) is 0.633. The van der Waals surface area contributed by atoms with Crippen LogP contribution >= 0.6 is 11.3 Å². The van der Waals surface area contributed by atoms with Gasteiger partial charge in [0, 0.05) is 24.5 Å². The second kappa shape index (κ2) is 5.27. The lowest BCUT2D eigenvalue weighted by atomic mass is 10.1. The molecule has 4 heteroatoms. The Kier molecular flexibility index (Phi) is 3.74. The number of carbonyl (C=O) groups is 1. The maximum Gasteiger partial charge on any atom is 0.236 e. The van der Waals surface area contributed by atoms with Crippen LogP contribution in [0.5, 0.6) is 0 Å². The van der Waals surface area contributed by atoms with E-state index in [1.807, 2.05) is 4.90 Å². The fraction of sp³-hybridized carbons (Fsp3) is 0.417. The van der Waals surface area contributed by atoms with Crippen molar-refractivity contribution >= 4 is 17.2 Å². The second-order valence-electron chi connectivity index (χ2n) is 3.85. The minimum Gasteiger partial charge on any atom is -0.337 e. The summed E-state index contributed by atoms with van der Waals surface area (Å²) in [6, 6.07) is 2.12. The summed E-state index contributed by atoms with van der Waals surface area (Å²) >= 11 is 1.79. The molecular weight excluding hydrogens is 220 g/mol. The monoisotopic (exact) mass is 236 g/mol. The third-order valence-corrected chi connectivity index (χ3v) is 3.75. The van der Waals surface area contributed by atoms with Gasteiger partial charge in [0.05, 0.1) is 6.54 Å². The van der Waals surface area contributed by atoms with Crippen LogP contribution in [0.3, 0.4) is 0 Å². The van der Waals surface area contributed by atoms with E-state index in [-0.39, 0.29) is 5.91 Å². The number of fused-ring (bicyclic) bond motifs is 1. The van der Waals surface area contributed by atoms with Gasteiger partial charge in [-0.15, -0.1) is 17.9 Å². The molecule has 0 saturated heterocycles. The summed E-state index contributed by atoms with van der Waals surface area (Å²) < 4.78 is 0. The molecule has 1 aromatic rings. The number of thiophene rings is 1. The van der Waals surface area contributed by atoms with Crippen LogP contribution < -0.4 is 5.32 Å². The Bertz CT molecular complexity index is 386. The zero-order valence-electron chi connectivity index (χ0n) is 9.24. The van der Waals surface area contributed by atoms with Gasteiger partial charge in [-0.3, -0.25) is 4.79 Å². The van der Waals surface area contributed by atoms with Gasteiger partial charge in [0.25, 0.3) is 0 Å². The predicted molar refractivity (Wildman–Crippen MR) is 66.5 cm³/mol. The molecule has 0 unspecified atom stereocenters. The first-order valence-corrected chi connectivity index (χ1v) is 6.34. The van der Waals surface area contributed by atoms with Crippen molar-refractivity contribution < 1.29 is 4.79 Å². The van der Waals surface area contributed by atoms with Gasteiger partial charge < -0.3 is 10.2 Å². The molecule has 0 radical (unpaired) electrons. The van der Waals surface area contributed by atoms with E-state index in [4.69, 9.17) is 0 Å². The van der Waals surface area contributed by atoms with Gasteiger partial charge in [-0.25, -0.2) is 0 Å². The smallest absolute Gasteiger partial charge is 0.236 e. The third kappa shape index (κ3) is 2.51. The van der Waals surface area contributed by atoms with Crippen molar-refractivity contribution in [2.45, 2.75) is 13.0 Å². The van der Waals surface area contributed by atoms with Crippen LogP contribution in [0.15, 0.2) is 24.1 Å². The van der Waals surface area contributed by atoms with Crippen molar-refractivity contribution in [3.63, 3.8) is 0 Å². The largest absolute Gasteiger partial charge is 0.337 e. The lowest BCUT2D eigenvalue weighted by Gasteiger charge is -2.27. The van der Waals surface area contributed by atoms with Crippen molar-refractivity contribution in [2.24, 2.45) is 0 Å². The van der Waals surface area contributed by atoms with Crippen molar-refractivity contribution in [2.75, 3.05) is 19.6 Å². The van der Waals surface area contributed by atoms with Gasteiger partial charge in [-0.05, 0) is 23.4 Å². The molecule has 1 aromatic heterocycles. The van der Waals surface area contributed by atoms with Gasteiger partial charge >= 0.3 is 0 Å². The Hall–Kier alpha value is -1.13. The molecule has 86 valence electrons. The van der Waals surface area contributed by atoms with Crippen LogP contribution in [-0.2, 0) is 17.8 Å². The number of amides is 1. The van der Waals surface area contributed by atoms with Gasteiger partial charge in [0.1, 0.15) is 0 Å². The molecule has 0 bridgehead atoms. The molecule has 16 heavy (non-hydrogen) atoms. The number of hydrogen-bond acceptors (Lipinski definition) is 3. The number of nitrogens with one attached hydrogen (secondary N) is 1. The highest BCUT2D eigenvalue weighted by atomic mass is 32.1. The van der Waals surface area contributed by atoms with Crippen LogP contribution in [0.4, 0.5) is 0 Å². The number of rotatable bonds is 4. The Morgan fingerprint density at radius 2 is 2.56 bits per heavy atom. The van der Waals surface area contributed by atoms with Crippen molar-refractivity contribution in [3.05, 3.63) is 34.5 Å². The normalized spacial score (nSPS) is 14.6. The first kappa shape index (κ1) is 11.4. The van der Waals surface area contributed by atoms with Crippen LogP contribution in [-0.4, -0.2) is 30.4 Å². The lowest BCUT2D eigenvalue weighted by Crippen LogP contribution is -2.40. The van der Waals surface area contributed by atoms with Crippen molar-refractivity contribution in [1.82, 2.24) is 10.2 Å². The van der Waals surface area contributed by atoms with Crippen LogP contribution in [0.2, 0.25) is 0 Å². The summed E-state index contributed by atoms with van der Waals surface area (Å²) in [4.78, 5) is 15.2. The fourth-order valence-electron chi connectivity index (χ4n) is 1.85. The third-order valence-electron chi connectivity index (χ3n) is 2.73. The number of hydrogen-bond donors (Lipinski definition) is 1. The fourth-order valence-corrected chi connectivity index (χ4v) is 2.74. The summed E-state index contributed by atoms with van der Waals surface area (Å²) in [5, 5.41) is 5.15. The molecule has 3 nitrogen and oxygen atoms in total. The van der Waals surface area contributed by atoms with Gasteiger partial charge in [-0.1, -0.05) is 6.08 Å². The molecule has 0 saturated carbocycles. The van der Waals surface area contributed by atoms with E-state index in [0.717, 1.165) is 19.5 Å². The van der Waals surface area contributed by atoms with E-state index in [9.17, 15) is 4.79 Å². The zero-order chi connectivity index (χ0) is 11.4. The molecule has 0 atom stereocenters. The molecule has 1 aliphatic heterocycles. The van der Waals surface area contributed by atoms with Gasteiger partial charge in [0.2, 0.25) is 5.91 Å². The highest BCUT2D eigenvalue weighted by molar-refractivity contribution is 7.10. The first-order chi connectivity index (χ1) is 7.81. The minimum absolute atomic E-state index is 0.179. The van der Waals surface area contributed by atoms with E-state index < -0.39 is 0 Å². The molecule has 1 N–H and O–H groups in total. The highest BCUT2D eigenvalue weighted by Crippen LogP contribution is 2.23. The SMILES string of the molecule is C=CCNCC(=O)N1CCc2sccc2C1. The average Bonchev–Trinajstić information content (AvgIpc) is 2.76. The topological polar surface area (TPSA) is 32.3 Å². The zero-order valence-corrected chi connectivity index (χ0v) is 10.1. The standard InChI is InChI=1S/C12H16N2OS/c1-2-5-13-8-12(15)14-6-3-11-10(9-14)4-7-16-11/h2,4,7,13H,1,3,5-6,8-9H2. The maximum atomic E-state index is 11.8. The van der Waals surface area contributed by atoms with Crippen LogP contribution in [0, 0.1) is 0 Å². The average molecular weight is 236 g/mol.